The molecule has 0 aromatic heterocycles. The number of hydrogen-bond donors (Lipinski definition) is 0. The Balaban J connectivity index is 2.08. The first kappa shape index (κ1) is 14.3. The Hall–Kier alpha value is -1.07. The molecular formula is C14H11Br2FO2. The highest BCUT2D eigenvalue weighted by Gasteiger charge is 2.04. The molecule has 0 aliphatic rings. The summed E-state index contributed by atoms with van der Waals surface area (Å²) in [6.45, 7) is 0.360. The van der Waals surface area contributed by atoms with Gasteiger partial charge in [-0.25, -0.2) is 4.39 Å². The number of benzene rings is 2. The normalized spacial score (nSPS) is 10.3. The summed E-state index contributed by atoms with van der Waals surface area (Å²) in [5, 5.41) is 0. The molecule has 0 saturated carbocycles. The highest BCUT2D eigenvalue weighted by atomic mass is 79.9. The van der Waals surface area contributed by atoms with E-state index in [1.54, 1.807) is 13.2 Å². The van der Waals surface area contributed by atoms with Crippen molar-refractivity contribution < 1.29 is 13.9 Å². The first-order valence-electron chi connectivity index (χ1n) is 5.50. The fraction of sp³-hybridized carbons (Fsp3) is 0.143. The predicted molar refractivity (Wildman–Crippen MR) is 79.1 cm³/mol. The topological polar surface area (TPSA) is 18.5 Å². The second-order valence-electron chi connectivity index (χ2n) is 3.86. The summed E-state index contributed by atoms with van der Waals surface area (Å²) in [6, 6.07) is 10.1. The van der Waals surface area contributed by atoms with Gasteiger partial charge in [0, 0.05) is 10.5 Å². The van der Waals surface area contributed by atoms with Crippen molar-refractivity contribution in [3.63, 3.8) is 0 Å². The average Bonchev–Trinajstić information content (AvgIpc) is 2.35. The maximum absolute atomic E-state index is 13.2. The molecule has 0 radical (unpaired) electrons. The quantitative estimate of drug-likeness (QED) is 0.737. The van der Waals surface area contributed by atoms with Crippen molar-refractivity contribution in [1.82, 2.24) is 0 Å². The lowest BCUT2D eigenvalue weighted by Gasteiger charge is -2.09. The van der Waals surface area contributed by atoms with Crippen molar-refractivity contribution in [2.45, 2.75) is 6.61 Å². The van der Waals surface area contributed by atoms with Crippen LogP contribution in [0.15, 0.2) is 45.3 Å². The summed E-state index contributed by atoms with van der Waals surface area (Å²) in [5.74, 6) is 0.913. The van der Waals surface area contributed by atoms with Gasteiger partial charge >= 0.3 is 0 Å². The number of ether oxygens (including phenoxy) is 2. The largest absolute Gasteiger partial charge is 0.496 e. The van der Waals surface area contributed by atoms with Crippen LogP contribution in [-0.4, -0.2) is 7.11 Å². The Kier molecular flexibility index (Phi) is 4.82. The summed E-state index contributed by atoms with van der Waals surface area (Å²) in [4.78, 5) is 0. The van der Waals surface area contributed by atoms with Crippen LogP contribution in [0.25, 0.3) is 0 Å². The van der Waals surface area contributed by atoms with Gasteiger partial charge in [-0.15, -0.1) is 0 Å². The van der Waals surface area contributed by atoms with E-state index in [4.69, 9.17) is 9.47 Å². The fourth-order valence-corrected chi connectivity index (χ4v) is 2.61. The Morgan fingerprint density at radius 3 is 2.53 bits per heavy atom. The molecule has 0 saturated heterocycles. The molecular weight excluding hydrogens is 379 g/mol. The molecule has 19 heavy (non-hydrogen) atoms. The van der Waals surface area contributed by atoms with Gasteiger partial charge in [0.2, 0.25) is 0 Å². The molecule has 100 valence electrons. The summed E-state index contributed by atoms with van der Waals surface area (Å²) >= 11 is 6.63. The third-order valence-electron chi connectivity index (χ3n) is 2.46. The van der Waals surface area contributed by atoms with Crippen LogP contribution < -0.4 is 9.47 Å². The van der Waals surface area contributed by atoms with E-state index in [9.17, 15) is 4.39 Å². The van der Waals surface area contributed by atoms with Crippen LogP contribution in [0.5, 0.6) is 11.5 Å². The van der Waals surface area contributed by atoms with Gasteiger partial charge in [0.25, 0.3) is 0 Å². The summed E-state index contributed by atoms with van der Waals surface area (Å²) in [5.41, 5.74) is 0.966. The molecule has 2 rings (SSSR count). The molecule has 0 aliphatic carbocycles. The molecule has 0 aliphatic heterocycles. The van der Waals surface area contributed by atoms with Crippen molar-refractivity contribution in [2.24, 2.45) is 0 Å². The van der Waals surface area contributed by atoms with Gasteiger partial charge in [0.15, 0.2) is 0 Å². The molecule has 0 N–H and O–H groups in total. The molecule has 2 nitrogen and oxygen atoms in total. The molecule has 0 amide bonds. The van der Waals surface area contributed by atoms with E-state index in [1.165, 1.54) is 12.1 Å². The maximum atomic E-state index is 13.2. The molecule has 0 unspecified atom stereocenters. The highest BCUT2D eigenvalue weighted by Crippen LogP contribution is 2.26. The van der Waals surface area contributed by atoms with Crippen LogP contribution in [0.1, 0.15) is 5.56 Å². The minimum atomic E-state index is -0.333. The second kappa shape index (κ2) is 6.39. The fourth-order valence-electron chi connectivity index (χ4n) is 1.58. The summed E-state index contributed by atoms with van der Waals surface area (Å²) in [7, 11) is 1.61. The first-order valence-corrected chi connectivity index (χ1v) is 7.08. The molecule has 0 atom stereocenters. The zero-order chi connectivity index (χ0) is 13.8. The summed E-state index contributed by atoms with van der Waals surface area (Å²) < 4.78 is 25.4. The number of hydrogen-bond acceptors (Lipinski definition) is 2. The minimum absolute atomic E-state index is 0.333. The van der Waals surface area contributed by atoms with E-state index in [1.807, 2.05) is 18.2 Å². The predicted octanol–water partition coefficient (Wildman–Crippen LogP) is 4.94. The average molecular weight is 390 g/mol. The van der Waals surface area contributed by atoms with Crippen LogP contribution in [0, 0.1) is 5.82 Å². The SMILES string of the molecule is COc1ccc(COc2cc(F)cc(Br)c2)cc1Br. The Morgan fingerprint density at radius 1 is 1.11 bits per heavy atom. The molecule has 0 bridgehead atoms. The number of methoxy groups -OCH3 is 1. The van der Waals surface area contributed by atoms with Gasteiger partial charge in [-0.05, 0) is 45.8 Å². The Labute approximate surface area is 127 Å². The van der Waals surface area contributed by atoms with Crippen molar-refractivity contribution in [3.8, 4) is 11.5 Å². The van der Waals surface area contributed by atoms with Crippen molar-refractivity contribution in [1.29, 1.82) is 0 Å². The maximum Gasteiger partial charge on any atom is 0.133 e. The van der Waals surface area contributed by atoms with Crippen molar-refractivity contribution in [3.05, 3.63) is 56.7 Å². The van der Waals surface area contributed by atoms with Gasteiger partial charge in [0.05, 0.1) is 11.6 Å². The van der Waals surface area contributed by atoms with E-state index >= 15 is 0 Å². The summed E-state index contributed by atoms with van der Waals surface area (Å²) in [6.07, 6.45) is 0. The third-order valence-corrected chi connectivity index (χ3v) is 3.54. The lowest BCUT2D eigenvalue weighted by molar-refractivity contribution is 0.304. The minimum Gasteiger partial charge on any atom is -0.496 e. The number of rotatable bonds is 4. The highest BCUT2D eigenvalue weighted by molar-refractivity contribution is 9.10. The monoisotopic (exact) mass is 388 g/mol. The van der Waals surface area contributed by atoms with E-state index in [0.717, 1.165) is 15.8 Å². The van der Waals surface area contributed by atoms with Gasteiger partial charge in [-0.1, -0.05) is 22.0 Å². The number of halogens is 3. The van der Waals surface area contributed by atoms with Gasteiger partial charge in [-0.2, -0.15) is 0 Å². The van der Waals surface area contributed by atoms with Gasteiger partial charge < -0.3 is 9.47 Å². The van der Waals surface area contributed by atoms with Crippen LogP contribution in [-0.2, 0) is 6.61 Å². The van der Waals surface area contributed by atoms with Crippen LogP contribution in [0.4, 0.5) is 4.39 Å². The zero-order valence-electron chi connectivity index (χ0n) is 10.1. The Bertz CT molecular complexity index is 567. The first-order chi connectivity index (χ1) is 9.08. The molecule has 0 fully saturated rings. The van der Waals surface area contributed by atoms with E-state index in [2.05, 4.69) is 31.9 Å². The van der Waals surface area contributed by atoms with Gasteiger partial charge in [0.1, 0.15) is 23.9 Å². The molecule has 0 heterocycles. The van der Waals surface area contributed by atoms with Crippen LogP contribution in [0.3, 0.4) is 0 Å². The smallest absolute Gasteiger partial charge is 0.133 e. The molecule has 0 spiro atoms. The van der Waals surface area contributed by atoms with Crippen LogP contribution in [0.2, 0.25) is 0 Å². The Morgan fingerprint density at radius 2 is 1.89 bits per heavy atom. The second-order valence-corrected chi connectivity index (χ2v) is 5.63. The van der Waals surface area contributed by atoms with E-state index in [0.29, 0.717) is 16.8 Å². The van der Waals surface area contributed by atoms with Crippen molar-refractivity contribution in [2.75, 3.05) is 7.11 Å². The molecule has 2 aromatic rings. The van der Waals surface area contributed by atoms with Gasteiger partial charge in [-0.3, -0.25) is 0 Å². The third kappa shape index (κ3) is 3.94. The standard InChI is InChI=1S/C14H11Br2FO2/c1-18-14-3-2-9(4-13(14)16)8-19-12-6-10(15)5-11(17)7-12/h2-7H,8H2,1H3. The lowest BCUT2D eigenvalue weighted by Crippen LogP contribution is -1.96. The van der Waals surface area contributed by atoms with Crippen LogP contribution >= 0.6 is 31.9 Å². The zero-order valence-corrected chi connectivity index (χ0v) is 13.3. The van der Waals surface area contributed by atoms with E-state index < -0.39 is 0 Å². The molecule has 2 aromatic carbocycles. The van der Waals surface area contributed by atoms with E-state index in [-0.39, 0.29) is 5.82 Å². The molecule has 5 heteroatoms. The van der Waals surface area contributed by atoms with Crippen molar-refractivity contribution >= 4 is 31.9 Å². The lowest BCUT2D eigenvalue weighted by atomic mass is 10.2.